The maximum Gasteiger partial charge on any atom is 0.174 e. The number of methoxy groups -OCH3 is 2. The Hall–Kier alpha value is -3.06. The lowest BCUT2D eigenvalue weighted by Gasteiger charge is -2.16. The highest BCUT2D eigenvalue weighted by Gasteiger charge is 2.11. The second kappa shape index (κ2) is 8.55. The van der Waals surface area contributed by atoms with Crippen LogP contribution in [-0.4, -0.2) is 56.3 Å². The molecule has 3 aromatic rings. The van der Waals surface area contributed by atoms with Crippen molar-refractivity contribution in [3.63, 3.8) is 0 Å². The Balaban J connectivity index is 1.95. The summed E-state index contributed by atoms with van der Waals surface area (Å²) >= 11 is 0. The van der Waals surface area contributed by atoms with Gasteiger partial charge in [0.1, 0.15) is 11.5 Å². The Labute approximate surface area is 159 Å². The Morgan fingerprint density at radius 1 is 0.889 bits per heavy atom. The van der Waals surface area contributed by atoms with Crippen molar-refractivity contribution in [1.82, 2.24) is 14.9 Å². The molecule has 2 aromatic carbocycles. The average Bonchev–Trinajstić information content (AvgIpc) is 2.67. The molecule has 0 amide bonds. The number of hydrogen-bond donors (Lipinski definition) is 2. The summed E-state index contributed by atoms with van der Waals surface area (Å²) < 4.78 is 10.7. The first-order valence-electron chi connectivity index (χ1n) is 8.74. The van der Waals surface area contributed by atoms with Crippen LogP contribution in [0.5, 0.6) is 11.5 Å². The first-order chi connectivity index (χ1) is 13.1. The molecule has 3 rings (SSSR count). The third-order valence-electron chi connectivity index (χ3n) is 4.04. The summed E-state index contributed by atoms with van der Waals surface area (Å²) in [6, 6.07) is 13.4. The van der Waals surface area contributed by atoms with E-state index in [2.05, 4.69) is 15.5 Å². The third-order valence-corrected chi connectivity index (χ3v) is 4.04. The number of nitrogens with zero attached hydrogens (tertiary/aromatic N) is 3. The number of aromatic nitrogens is 2. The molecule has 0 atom stereocenters. The molecular weight excluding hydrogens is 342 g/mol. The predicted molar refractivity (Wildman–Crippen MR) is 109 cm³/mol. The van der Waals surface area contributed by atoms with Gasteiger partial charge in [0.05, 0.1) is 25.3 Å². The van der Waals surface area contributed by atoms with Crippen LogP contribution in [0.1, 0.15) is 0 Å². The second-order valence-electron chi connectivity index (χ2n) is 6.37. The highest BCUT2D eigenvalue weighted by atomic mass is 16.5. The van der Waals surface area contributed by atoms with Gasteiger partial charge >= 0.3 is 0 Å². The molecule has 0 fully saturated rings. The maximum absolute atomic E-state index is 5.35. The van der Waals surface area contributed by atoms with Crippen molar-refractivity contribution in [2.24, 2.45) is 0 Å². The van der Waals surface area contributed by atoms with Gasteiger partial charge in [-0.2, -0.15) is 0 Å². The summed E-state index contributed by atoms with van der Waals surface area (Å²) in [5.41, 5.74) is 2.48. The van der Waals surface area contributed by atoms with Crippen molar-refractivity contribution in [3.05, 3.63) is 42.5 Å². The summed E-state index contributed by atoms with van der Waals surface area (Å²) in [6.45, 7) is 1.65. The van der Waals surface area contributed by atoms with E-state index in [9.17, 15) is 0 Å². The molecule has 7 nitrogen and oxygen atoms in total. The van der Waals surface area contributed by atoms with Gasteiger partial charge in [-0.05, 0) is 26.2 Å². The minimum absolute atomic E-state index is 0.655. The van der Waals surface area contributed by atoms with Crippen molar-refractivity contribution in [2.75, 3.05) is 52.0 Å². The smallest absolute Gasteiger partial charge is 0.174 e. The summed E-state index contributed by atoms with van der Waals surface area (Å²) in [7, 11) is 7.33. The number of rotatable bonds is 8. The predicted octanol–water partition coefficient (Wildman–Crippen LogP) is 3.36. The molecule has 0 spiro atoms. The number of ether oxygens (including phenoxy) is 2. The van der Waals surface area contributed by atoms with E-state index in [1.807, 2.05) is 56.6 Å². The van der Waals surface area contributed by atoms with Crippen molar-refractivity contribution in [3.8, 4) is 11.5 Å². The van der Waals surface area contributed by atoms with E-state index in [0.29, 0.717) is 23.1 Å². The van der Waals surface area contributed by atoms with E-state index < -0.39 is 0 Å². The van der Waals surface area contributed by atoms with E-state index >= 15 is 0 Å². The van der Waals surface area contributed by atoms with Crippen molar-refractivity contribution in [2.45, 2.75) is 0 Å². The summed E-state index contributed by atoms with van der Waals surface area (Å²) in [6.07, 6.45) is 0. The van der Waals surface area contributed by atoms with E-state index in [1.54, 1.807) is 14.2 Å². The van der Waals surface area contributed by atoms with Crippen LogP contribution in [0, 0.1) is 0 Å². The van der Waals surface area contributed by atoms with Crippen LogP contribution in [0.2, 0.25) is 0 Å². The molecule has 0 unspecified atom stereocenters. The monoisotopic (exact) mass is 367 g/mol. The second-order valence-corrected chi connectivity index (χ2v) is 6.37. The first kappa shape index (κ1) is 18.7. The van der Waals surface area contributed by atoms with E-state index in [0.717, 1.165) is 29.8 Å². The Bertz CT molecular complexity index is 892. The quantitative estimate of drug-likeness (QED) is 0.632. The molecule has 0 radical (unpaired) electrons. The lowest BCUT2D eigenvalue weighted by atomic mass is 10.2. The van der Waals surface area contributed by atoms with E-state index in [-0.39, 0.29) is 0 Å². The van der Waals surface area contributed by atoms with Gasteiger partial charge in [0, 0.05) is 37.0 Å². The van der Waals surface area contributed by atoms with Gasteiger partial charge in [-0.1, -0.05) is 12.1 Å². The molecule has 0 aliphatic rings. The Morgan fingerprint density at radius 3 is 2.04 bits per heavy atom. The summed E-state index contributed by atoms with van der Waals surface area (Å²) in [5.74, 6) is 2.76. The molecule has 27 heavy (non-hydrogen) atoms. The number of hydrogen-bond acceptors (Lipinski definition) is 7. The molecule has 0 bridgehead atoms. The van der Waals surface area contributed by atoms with Gasteiger partial charge in [-0.3, -0.25) is 0 Å². The molecule has 0 saturated carbocycles. The highest BCUT2D eigenvalue weighted by Crippen LogP contribution is 2.30. The van der Waals surface area contributed by atoms with E-state index in [1.165, 1.54) is 0 Å². The number of anilines is 3. The van der Waals surface area contributed by atoms with Crippen LogP contribution in [0.15, 0.2) is 42.5 Å². The number of para-hydroxylation sites is 2. The van der Waals surface area contributed by atoms with Crippen molar-refractivity contribution in [1.29, 1.82) is 0 Å². The number of fused-ring (bicyclic) bond motifs is 1. The third kappa shape index (κ3) is 4.77. The molecule has 0 saturated heterocycles. The van der Waals surface area contributed by atoms with Crippen molar-refractivity contribution < 1.29 is 9.47 Å². The Morgan fingerprint density at radius 2 is 1.48 bits per heavy atom. The fraction of sp³-hybridized carbons (Fsp3) is 0.300. The molecule has 7 heteroatoms. The topological polar surface area (TPSA) is 71.5 Å². The van der Waals surface area contributed by atoms with E-state index in [4.69, 9.17) is 19.4 Å². The zero-order valence-electron chi connectivity index (χ0n) is 16.1. The van der Waals surface area contributed by atoms with Gasteiger partial charge in [0.2, 0.25) is 0 Å². The lowest BCUT2D eigenvalue weighted by molar-refractivity contribution is 0.395. The minimum atomic E-state index is 0.655. The van der Waals surface area contributed by atoms with Gasteiger partial charge in [0.15, 0.2) is 11.6 Å². The fourth-order valence-corrected chi connectivity index (χ4v) is 2.62. The zero-order valence-corrected chi connectivity index (χ0v) is 16.1. The van der Waals surface area contributed by atoms with Gasteiger partial charge in [-0.15, -0.1) is 0 Å². The van der Waals surface area contributed by atoms with Crippen molar-refractivity contribution >= 4 is 28.4 Å². The van der Waals surface area contributed by atoms with Crippen LogP contribution in [0.4, 0.5) is 17.3 Å². The van der Waals surface area contributed by atoms with Crippen LogP contribution in [-0.2, 0) is 0 Å². The van der Waals surface area contributed by atoms with Crippen LogP contribution in [0.3, 0.4) is 0 Å². The SMILES string of the molecule is COc1cc(Nc2nc3ccccc3nc2NCCN(C)C)cc(OC)c1. The summed E-state index contributed by atoms with van der Waals surface area (Å²) in [5, 5.41) is 6.72. The molecule has 0 aliphatic carbocycles. The van der Waals surface area contributed by atoms with Gasteiger partial charge in [0.25, 0.3) is 0 Å². The molecular formula is C20H25N5O2. The fourth-order valence-electron chi connectivity index (χ4n) is 2.62. The number of nitrogens with one attached hydrogen (secondary N) is 2. The highest BCUT2D eigenvalue weighted by molar-refractivity contribution is 5.82. The Kier molecular flexibility index (Phi) is 5.93. The number of benzene rings is 2. The summed E-state index contributed by atoms with van der Waals surface area (Å²) in [4.78, 5) is 11.6. The van der Waals surface area contributed by atoms with Gasteiger partial charge in [-0.25, -0.2) is 9.97 Å². The molecule has 1 heterocycles. The van der Waals surface area contributed by atoms with Crippen LogP contribution >= 0.6 is 0 Å². The minimum Gasteiger partial charge on any atom is -0.497 e. The lowest BCUT2D eigenvalue weighted by Crippen LogP contribution is -2.21. The normalized spacial score (nSPS) is 10.9. The number of likely N-dealkylation sites (N-methyl/N-ethyl adjacent to an activating group) is 1. The molecule has 1 aromatic heterocycles. The standard InChI is InChI=1S/C20H25N5O2/c1-25(2)10-9-21-19-20(24-18-8-6-5-7-17(18)23-19)22-14-11-15(26-3)13-16(12-14)27-4/h5-8,11-13H,9-10H2,1-4H3,(H,21,23)(H,22,24). The molecule has 0 aliphatic heterocycles. The largest absolute Gasteiger partial charge is 0.497 e. The molecule has 142 valence electrons. The molecule has 2 N–H and O–H groups in total. The van der Waals surface area contributed by atoms with Crippen LogP contribution in [0.25, 0.3) is 11.0 Å². The maximum atomic E-state index is 5.35. The van der Waals surface area contributed by atoms with Gasteiger partial charge < -0.3 is 25.0 Å². The zero-order chi connectivity index (χ0) is 19.2. The first-order valence-corrected chi connectivity index (χ1v) is 8.74. The van der Waals surface area contributed by atoms with Crippen LogP contribution < -0.4 is 20.1 Å². The average molecular weight is 367 g/mol.